The molecule has 94 valence electrons. The average molecular weight is 270 g/mol. The molecule has 5 heteroatoms. The van der Waals surface area contributed by atoms with Crippen LogP contribution < -0.4 is 10.1 Å². The van der Waals surface area contributed by atoms with E-state index in [4.69, 9.17) is 16.3 Å². The van der Waals surface area contributed by atoms with Gasteiger partial charge in [-0.05, 0) is 24.3 Å². The van der Waals surface area contributed by atoms with Crippen LogP contribution in [0.25, 0.3) is 0 Å². The van der Waals surface area contributed by atoms with Crippen molar-refractivity contribution < 1.29 is 13.5 Å². The van der Waals surface area contributed by atoms with Crippen LogP contribution in [0, 0.1) is 11.6 Å². The van der Waals surface area contributed by atoms with Crippen molar-refractivity contribution in [1.29, 1.82) is 0 Å². The van der Waals surface area contributed by atoms with Crippen LogP contribution in [0.1, 0.15) is 0 Å². The third-order valence-corrected chi connectivity index (χ3v) is 2.56. The summed E-state index contributed by atoms with van der Waals surface area (Å²) in [4.78, 5) is 0. The quantitative estimate of drug-likeness (QED) is 0.889. The molecular formula is C13H10ClF2NO. The minimum absolute atomic E-state index is 0.0600. The molecule has 0 amide bonds. The van der Waals surface area contributed by atoms with E-state index in [9.17, 15) is 8.78 Å². The smallest absolute Gasteiger partial charge is 0.168 e. The first-order chi connectivity index (χ1) is 8.60. The minimum atomic E-state index is -0.767. The zero-order valence-corrected chi connectivity index (χ0v) is 10.3. The highest BCUT2D eigenvalue weighted by Gasteiger charge is 2.09. The number of anilines is 1. The molecule has 0 bridgehead atoms. The molecule has 0 aliphatic carbocycles. The molecule has 0 saturated heterocycles. The summed E-state index contributed by atoms with van der Waals surface area (Å²) >= 11 is 5.84. The summed E-state index contributed by atoms with van der Waals surface area (Å²) in [7, 11) is 1.71. The third-order valence-electron chi connectivity index (χ3n) is 2.33. The van der Waals surface area contributed by atoms with Gasteiger partial charge in [-0.3, -0.25) is 0 Å². The number of hydrogen-bond acceptors (Lipinski definition) is 2. The third kappa shape index (κ3) is 2.71. The molecule has 0 heterocycles. The molecule has 2 rings (SSSR count). The van der Waals surface area contributed by atoms with Gasteiger partial charge in [0, 0.05) is 24.2 Å². The molecule has 0 fully saturated rings. The molecule has 0 aliphatic heterocycles. The normalized spacial score (nSPS) is 10.2. The number of ether oxygens (including phenoxy) is 1. The van der Waals surface area contributed by atoms with Crippen LogP contribution in [0.2, 0.25) is 5.02 Å². The fraction of sp³-hybridized carbons (Fsp3) is 0.0769. The van der Waals surface area contributed by atoms with Crippen LogP contribution in [-0.2, 0) is 0 Å². The Morgan fingerprint density at radius 1 is 1.06 bits per heavy atom. The van der Waals surface area contributed by atoms with Gasteiger partial charge in [0.1, 0.15) is 5.82 Å². The summed E-state index contributed by atoms with van der Waals surface area (Å²) < 4.78 is 31.6. The molecule has 2 nitrogen and oxygen atoms in total. The van der Waals surface area contributed by atoms with Crippen LogP contribution in [0.5, 0.6) is 11.5 Å². The van der Waals surface area contributed by atoms with Crippen molar-refractivity contribution in [2.45, 2.75) is 0 Å². The Labute approximate surface area is 108 Å². The maximum atomic E-state index is 13.5. The van der Waals surface area contributed by atoms with Crippen molar-refractivity contribution in [2.75, 3.05) is 12.4 Å². The fourth-order valence-corrected chi connectivity index (χ4v) is 1.63. The number of hydrogen-bond donors (Lipinski definition) is 1. The zero-order valence-electron chi connectivity index (χ0n) is 9.51. The van der Waals surface area contributed by atoms with E-state index in [1.165, 1.54) is 6.07 Å². The van der Waals surface area contributed by atoms with Crippen molar-refractivity contribution in [3.8, 4) is 11.5 Å². The largest absolute Gasteiger partial charge is 0.452 e. The Kier molecular flexibility index (Phi) is 3.67. The van der Waals surface area contributed by atoms with E-state index < -0.39 is 11.6 Å². The lowest BCUT2D eigenvalue weighted by molar-refractivity contribution is 0.439. The van der Waals surface area contributed by atoms with Crippen LogP contribution in [0.3, 0.4) is 0 Å². The Morgan fingerprint density at radius 2 is 1.83 bits per heavy atom. The summed E-state index contributed by atoms with van der Waals surface area (Å²) in [6, 6.07) is 8.06. The molecule has 2 aromatic carbocycles. The summed E-state index contributed by atoms with van der Waals surface area (Å²) in [6.45, 7) is 0. The van der Waals surface area contributed by atoms with E-state index in [0.717, 1.165) is 12.1 Å². The van der Waals surface area contributed by atoms with Crippen molar-refractivity contribution in [3.05, 3.63) is 53.1 Å². The highest BCUT2D eigenvalue weighted by atomic mass is 35.5. The SMILES string of the molecule is CNc1ccc(Cl)cc1Oc1ccc(F)cc1F. The first-order valence-corrected chi connectivity index (χ1v) is 5.58. The first kappa shape index (κ1) is 12.6. The standard InChI is InChI=1S/C13H10ClF2NO/c1-17-11-4-2-8(14)6-13(11)18-12-5-3-9(15)7-10(12)16/h2-7,17H,1H3. The number of benzene rings is 2. The van der Waals surface area contributed by atoms with E-state index in [-0.39, 0.29) is 5.75 Å². The van der Waals surface area contributed by atoms with Gasteiger partial charge in [-0.2, -0.15) is 0 Å². The van der Waals surface area contributed by atoms with Crippen molar-refractivity contribution in [2.24, 2.45) is 0 Å². The van der Waals surface area contributed by atoms with E-state index in [0.29, 0.717) is 16.5 Å². The zero-order chi connectivity index (χ0) is 13.1. The van der Waals surface area contributed by atoms with Gasteiger partial charge in [0.2, 0.25) is 0 Å². The van der Waals surface area contributed by atoms with Crippen LogP contribution in [0.15, 0.2) is 36.4 Å². The van der Waals surface area contributed by atoms with Gasteiger partial charge in [-0.25, -0.2) is 8.78 Å². The van der Waals surface area contributed by atoms with Crippen molar-refractivity contribution >= 4 is 17.3 Å². The second-order valence-corrected chi connectivity index (χ2v) is 4.00. The monoisotopic (exact) mass is 269 g/mol. The average Bonchev–Trinajstić information content (AvgIpc) is 2.33. The number of halogens is 3. The maximum Gasteiger partial charge on any atom is 0.168 e. The predicted molar refractivity (Wildman–Crippen MR) is 67.4 cm³/mol. The molecule has 0 saturated carbocycles. The van der Waals surface area contributed by atoms with Gasteiger partial charge < -0.3 is 10.1 Å². The molecule has 0 aliphatic rings. The van der Waals surface area contributed by atoms with Gasteiger partial charge in [0.05, 0.1) is 5.69 Å². The highest BCUT2D eigenvalue weighted by molar-refractivity contribution is 6.30. The van der Waals surface area contributed by atoms with Crippen LogP contribution in [-0.4, -0.2) is 7.05 Å². The van der Waals surface area contributed by atoms with Gasteiger partial charge in [0.25, 0.3) is 0 Å². The Balaban J connectivity index is 2.36. The summed E-state index contributed by atoms with van der Waals surface area (Å²) in [5, 5.41) is 3.36. The highest BCUT2D eigenvalue weighted by Crippen LogP contribution is 2.33. The van der Waals surface area contributed by atoms with E-state index >= 15 is 0 Å². The Bertz CT molecular complexity index is 575. The lowest BCUT2D eigenvalue weighted by Crippen LogP contribution is -1.95. The van der Waals surface area contributed by atoms with Gasteiger partial charge >= 0.3 is 0 Å². The number of nitrogens with one attached hydrogen (secondary N) is 1. The molecule has 0 radical (unpaired) electrons. The predicted octanol–water partition coefficient (Wildman–Crippen LogP) is 4.45. The molecule has 0 atom stereocenters. The molecule has 0 aromatic heterocycles. The summed E-state index contributed by atoms with van der Waals surface area (Å²) in [5.41, 5.74) is 0.656. The van der Waals surface area contributed by atoms with E-state index in [1.807, 2.05) is 0 Å². The lowest BCUT2D eigenvalue weighted by atomic mass is 10.3. The topological polar surface area (TPSA) is 21.3 Å². The van der Waals surface area contributed by atoms with Crippen LogP contribution in [0.4, 0.5) is 14.5 Å². The molecule has 0 unspecified atom stereocenters. The Hall–Kier alpha value is -1.81. The van der Waals surface area contributed by atoms with Crippen LogP contribution >= 0.6 is 11.6 Å². The van der Waals surface area contributed by atoms with Gasteiger partial charge in [-0.15, -0.1) is 0 Å². The molecule has 2 aromatic rings. The second-order valence-electron chi connectivity index (χ2n) is 3.57. The Morgan fingerprint density at radius 3 is 2.50 bits per heavy atom. The summed E-state index contributed by atoms with van der Waals surface area (Å²) in [5.74, 6) is -1.11. The minimum Gasteiger partial charge on any atom is -0.452 e. The van der Waals surface area contributed by atoms with Gasteiger partial charge in [0.15, 0.2) is 17.3 Å². The van der Waals surface area contributed by atoms with E-state index in [2.05, 4.69) is 5.32 Å². The second kappa shape index (κ2) is 5.23. The molecular weight excluding hydrogens is 260 g/mol. The molecule has 1 N–H and O–H groups in total. The van der Waals surface area contributed by atoms with Crippen molar-refractivity contribution in [1.82, 2.24) is 0 Å². The number of rotatable bonds is 3. The fourth-order valence-electron chi connectivity index (χ4n) is 1.46. The molecule has 0 spiro atoms. The van der Waals surface area contributed by atoms with Crippen molar-refractivity contribution in [3.63, 3.8) is 0 Å². The van der Waals surface area contributed by atoms with Gasteiger partial charge in [-0.1, -0.05) is 11.6 Å². The lowest BCUT2D eigenvalue weighted by Gasteiger charge is -2.11. The molecule has 18 heavy (non-hydrogen) atoms. The first-order valence-electron chi connectivity index (χ1n) is 5.20. The van der Waals surface area contributed by atoms with E-state index in [1.54, 1.807) is 25.2 Å². The summed E-state index contributed by atoms with van der Waals surface area (Å²) in [6.07, 6.45) is 0. The maximum absolute atomic E-state index is 13.5.